The van der Waals surface area contributed by atoms with Crippen LogP contribution in [0.3, 0.4) is 0 Å². The van der Waals surface area contributed by atoms with Crippen molar-refractivity contribution in [3.63, 3.8) is 0 Å². The summed E-state index contributed by atoms with van der Waals surface area (Å²) in [6.07, 6.45) is 1.80. The SMILES string of the molecule is Nc1ccc(F)cc1SCc1ccnc2ccccc12. The average molecular weight is 284 g/mol. The number of nitrogens with two attached hydrogens (primary N) is 1. The fourth-order valence-electron chi connectivity index (χ4n) is 2.07. The molecule has 20 heavy (non-hydrogen) atoms. The van der Waals surface area contributed by atoms with E-state index in [1.54, 1.807) is 12.3 Å². The van der Waals surface area contributed by atoms with Gasteiger partial charge in [0.15, 0.2) is 0 Å². The van der Waals surface area contributed by atoms with Gasteiger partial charge in [0.2, 0.25) is 0 Å². The van der Waals surface area contributed by atoms with Gasteiger partial charge < -0.3 is 5.73 Å². The molecule has 0 aliphatic carbocycles. The normalized spacial score (nSPS) is 10.8. The zero-order valence-electron chi connectivity index (χ0n) is 10.7. The summed E-state index contributed by atoms with van der Waals surface area (Å²) in [5, 5.41) is 1.12. The van der Waals surface area contributed by atoms with Gasteiger partial charge in [0.1, 0.15) is 5.82 Å². The first-order chi connectivity index (χ1) is 9.74. The lowest BCUT2D eigenvalue weighted by atomic mass is 10.1. The third-order valence-electron chi connectivity index (χ3n) is 3.10. The van der Waals surface area contributed by atoms with Gasteiger partial charge in [-0.05, 0) is 35.9 Å². The van der Waals surface area contributed by atoms with Crippen LogP contribution in [-0.4, -0.2) is 4.98 Å². The molecule has 0 atom stereocenters. The Morgan fingerprint density at radius 3 is 2.85 bits per heavy atom. The van der Waals surface area contributed by atoms with Crippen LogP contribution in [0.25, 0.3) is 10.9 Å². The second-order valence-corrected chi connectivity index (χ2v) is 5.48. The molecule has 3 rings (SSSR count). The number of para-hydroxylation sites is 1. The molecule has 0 bridgehead atoms. The Balaban J connectivity index is 1.89. The van der Waals surface area contributed by atoms with Crippen LogP contribution in [0.1, 0.15) is 5.56 Å². The lowest BCUT2D eigenvalue weighted by Crippen LogP contribution is -1.91. The zero-order chi connectivity index (χ0) is 13.9. The number of hydrogen-bond donors (Lipinski definition) is 1. The van der Waals surface area contributed by atoms with E-state index in [1.165, 1.54) is 29.5 Å². The van der Waals surface area contributed by atoms with Gasteiger partial charge in [-0.1, -0.05) is 18.2 Å². The Morgan fingerprint density at radius 1 is 1.10 bits per heavy atom. The Hall–Kier alpha value is -2.07. The minimum absolute atomic E-state index is 0.263. The summed E-state index contributed by atoms with van der Waals surface area (Å²) < 4.78 is 13.2. The summed E-state index contributed by atoms with van der Waals surface area (Å²) in [5.41, 5.74) is 8.61. The van der Waals surface area contributed by atoms with Gasteiger partial charge in [-0.2, -0.15) is 0 Å². The highest BCUT2D eigenvalue weighted by molar-refractivity contribution is 7.98. The maximum absolute atomic E-state index is 13.2. The molecule has 0 amide bonds. The molecule has 0 spiro atoms. The van der Waals surface area contributed by atoms with E-state index in [-0.39, 0.29) is 5.82 Å². The van der Waals surface area contributed by atoms with Crippen LogP contribution < -0.4 is 5.73 Å². The molecule has 4 heteroatoms. The van der Waals surface area contributed by atoms with Crippen molar-refractivity contribution < 1.29 is 4.39 Å². The van der Waals surface area contributed by atoms with Crippen molar-refractivity contribution in [2.24, 2.45) is 0 Å². The fourth-order valence-corrected chi connectivity index (χ4v) is 3.06. The van der Waals surface area contributed by atoms with Crippen LogP contribution in [0.5, 0.6) is 0 Å². The van der Waals surface area contributed by atoms with Gasteiger partial charge in [-0.3, -0.25) is 4.98 Å². The quantitative estimate of drug-likeness (QED) is 0.577. The monoisotopic (exact) mass is 284 g/mol. The van der Waals surface area contributed by atoms with Crippen molar-refractivity contribution in [2.75, 3.05) is 5.73 Å². The molecule has 0 saturated heterocycles. The van der Waals surface area contributed by atoms with E-state index in [0.29, 0.717) is 5.69 Å². The highest BCUT2D eigenvalue weighted by Gasteiger charge is 2.05. The number of thioether (sulfide) groups is 1. The standard InChI is InChI=1S/C16H13FN2S/c17-12-5-6-14(18)16(9-12)20-10-11-7-8-19-15-4-2-1-3-13(11)15/h1-9H,10,18H2. The second-order valence-electron chi connectivity index (χ2n) is 4.46. The van der Waals surface area contributed by atoms with Gasteiger partial charge in [0.05, 0.1) is 5.52 Å². The Kier molecular flexibility index (Phi) is 3.56. The summed E-state index contributed by atoms with van der Waals surface area (Å²) in [7, 11) is 0. The van der Waals surface area contributed by atoms with E-state index in [9.17, 15) is 4.39 Å². The third kappa shape index (κ3) is 2.60. The molecule has 2 N–H and O–H groups in total. The molecule has 2 nitrogen and oxygen atoms in total. The predicted octanol–water partition coefficient (Wildman–Crippen LogP) is 4.25. The largest absolute Gasteiger partial charge is 0.398 e. The molecule has 100 valence electrons. The lowest BCUT2D eigenvalue weighted by molar-refractivity contribution is 0.624. The van der Waals surface area contributed by atoms with Crippen LogP contribution in [-0.2, 0) is 5.75 Å². The first kappa shape index (κ1) is 12.9. The number of halogens is 1. The molecule has 0 aliphatic heterocycles. The van der Waals surface area contributed by atoms with Crippen LogP contribution in [0.15, 0.2) is 59.6 Å². The maximum atomic E-state index is 13.2. The highest BCUT2D eigenvalue weighted by Crippen LogP contribution is 2.30. The van der Waals surface area contributed by atoms with Crippen LogP contribution >= 0.6 is 11.8 Å². The van der Waals surface area contributed by atoms with E-state index in [0.717, 1.165) is 21.6 Å². The van der Waals surface area contributed by atoms with Crippen molar-refractivity contribution in [1.29, 1.82) is 0 Å². The number of pyridine rings is 1. The van der Waals surface area contributed by atoms with Gasteiger partial charge in [0, 0.05) is 27.9 Å². The van der Waals surface area contributed by atoms with Crippen molar-refractivity contribution in [3.05, 3.63) is 66.1 Å². The third-order valence-corrected chi connectivity index (χ3v) is 4.22. The van der Waals surface area contributed by atoms with Gasteiger partial charge in [-0.25, -0.2) is 4.39 Å². The molecule has 1 aromatic heterocycles. The number of nitrogen functional groups attached to an aromatic ring is 1. The number of fused-ring (bicyclic) bond motifs is 1. The van der Waals surface area contributed by atoms with Crippen molar-refractivity contribution in [2.45, 2.75) is 10.6 Å². The number of benzene rings is 2. The first-order valence-electron chi connectivity index (χ1n) is 6.24. The highest BCUT2D eigenvalue weighted by atomic mass is 32.2. The molecule has 0 radical (unpaired) electrons. The number of anilines is 1. The van der Waals surface area contributed by atoms with Crippen molar-refractivity contribution in [3.8, 4) is 0 Å². The molecule has 0 fully saturated rings. The summed E-state index contributed by atoms with van der Waals surface area (Å²) in [6, 6.07) is 14.4. The van der Waals surface area contributed by atoms with Crippen molar-refractivity contribution >= 4 is 28.4 Å². The molecule has 2 aromatic carbocycles. The van der Waals surface area contributed by atoms with Gasteiger partial charge >= 0.3 is 0 Å². The van der Waals surface area contributed by atoms with Gasteiger partial charge in [-0.15, -0.1) is 11.8 Å². The molecule has 3 aromatic rings. The van der Waals surface area contributed by atoms with E-state index < -0.39 is 0 Å². The summed E-state index contributed by atoms with van der Waals surface area (Å²) in [5.74, 6) is 0.470. The minimum Gasteiger partial charge on any atom is -0.398 e. The number of hydrogen-bond acceptors (Lipinski definition) is 3. The fraction of sp³-hybridized carbons (Fsp3) is 0.0625. The molecular weight excluding hydrogens is 271 g/mol. The van der Waals surface area contributed by atoms with E-state index in [1.807, 2.05) is 30.3 Å². The first-order valence-corrected chi connectivity index (χ1v) is 7.23. The Bertz CT molecular complexity index is 753. The molecule has 0 unspecified atom stereocenters. The number of rotatable bonds is 3. The van der Waals surface area contributed by atoms with Crippen LogP contribution in [0.4, 0.5) is 10.1 Å². The smallest absolute Gasteiger partial charge is 0.124 e. The number of aromatic nitrogens is 1. The predicted molar refractivity (Wildman–Crippen MR) is 82.1 cm³/mol. The second kappa shape index (κ2) is 5.51. The van der Waals surface area contributed by atoms with E-state index in [4.69, 9.17) is 5.73 Å². The minimum atomic E-state index is -0.263. The maximum Gasteiger partial charge on any atom is 0.124 e. The molecular formula is C16H13FN2S. The summed E-state index contributed by atoms with van der Waals surface area (Å²) >= 11 is 1.54. The topological polar surface area (TPSA) is 38.9 Å². The summed E-state index contributed by atoms with van der Waals surface area (Å²) in [4.78, 5) is 5.10. The summed E-state index contributed by atoms with van der Waals surface area (Å²) in [6.45, 7) is 0. The van der Waals surface area contributed by atoms with Crippen LogP contribution in [0.2, 0.25) is 0 Å². The molecule has 0 aliphatic rings. The zero-order valence-corrected chi connectivity index (χ0v) is 11.5. The van der Waals surface area contributed by atoms with Crippen molar-refractivity contribution in [1.82, 2.24) is 4.98 Å². The Labute approximate surface area is 120 Å². The van der Waals surface area contributed by atoms with E-state index in [2.05, 4.69) is 4.98 Å². The van der Waals surface area contributed by atoms with Gasteiger partial charge in [0.25, 0.3) is 0 Å². The average Bonchev–Trinajstić information content (AvgIpc) is 2.48. The Morgan fingerprint density at radius 2 is 1.95 bits per heavy atom. The van der Waals surface area contributed by atoms with Crippen LogP contribution in [0, 0.1) is 5.82 Å². The molecule has 0 saturated carbocycles. The van der Waals surface area contributed by atoms with E-state index >= 15 is 0 Å². The molecule has 1 heterocycles. The lowest BCUT2D eigenvalue weighted by Gasteiger charge is -2.08. The number of nitrogens with zero attached hydrogens (tertiary/aromatic N) is 1.